The number of nitrogens with zero attached hydrogens (tertiary/aromatic N) is 4. The summed E-state index contributed by atoms with van der Waals surface area (Å²) < 4.78 is 0. The Morgan fingerprint density at radius 3 is 2.16 bits per heavy atom. The van der Waals surface area contributed by atoms with Gasteiger partial charge in [-0.1, -0.05) is 17.7 Å². The molecule has 0 radical (unpaired) electrons. The van der Waals surface area contributed by atoms with Crippen molar-refractivity contribution in [2.45, 2.75) is 34.6 Å². The zero-order chi connectivity index (χ0) is 22.8. The van der Waals surface area contributed by atoms with Crippen LogP contribution in [0.15, 0.2) is 54.6 Å². The highest BCUT2D eigenvalue weighted by molar-refractivity contribution is 6.05. The minimum atomic E-state index is -0.136. The first-order valence-electron chi connectivity index (χ1n) is 11.0. The summed E-state index contributed by atoms with van der Waals surface area (Å²) in [6.45, 7) is 12.3. The normalized spacial score (nSPS) is 11.0. The first-order chi connectivity index (χ1) is 15.4. The van der Waals surface area contributed by atoms with E-state index in [-0.39, 0.29) is 5.91 Å². The van der Waals surface area contributed by atoms with Gasteiger partial charge in [-0.2, -0.15) is 4.80 Å². The Balaban J connectivity index is 1.64. The van der Waals surface area contributed by atoms with Crippen LogP contribution in [0.5, 0.6) is 0 Å². The quantitative estimate of drug-likeness (QED) is 0.445. The minimum absolute atomic E-state index is 0.136. The van der Waals surface area contributed by atoms with Gasteiger partial charge in [-0.25, -0.2) is 0 Å². The average molecular weight is 428 g/mol. The second-order valence-corrected chi connectivity index (χ2v) is 8.11. The Hall–Kier alpha value is -3.67. The maximum absolute atomic E-state index is 12.7. The molecule has 1 aromatic heterocycles. The first kappa shape index (κ1) is 21.6. The van der Waals surface area contributed by atoms with Gasteiger partial charge in [0, 0.05) is 30.0 Å². The van der Waals surface area contributed by atoms with Crippen LogP contribution < -0.4 is 10.2 Å². The van der Waals surface area contributed by atoms with Crippen molar-refractivity contribution in [3.63, 3.8) is 0 Å². The molecule has 1 heterocycles. The highest BCUT2D eigenvalue weighted by Crippen LogP contribution is 2.25. The number of benzene rings is 3. The zero-order valence-electron chi connectivity index (χ0n) is 19.3. The maximum atomic E-state index is 12.7. The number of rotatable bonds is 6. The van der Waals surface area contributed by atoms with Crippen molar-refractivity contribution in [1.29, 1.82) is 0 Å². The standard InChI is InChI=1S/C26H29N5O/c1-6-30(7-2)21-12-13-25(19(5)14-21)31-28-23-15-18(4)22(16-24(23)29-31)27-26(32)20-10-8-17(3)9-11-20/h8-16H,6-7H2,1-5H3,(H,27,32). The van der Waals surface area contributed by atoms with Gasteiger partial charge in [0.2, 0.25) is 0 Å². The molecule has 0 aliphatic rings. The van der Waals surface area contributed by atoms with Gasteiger partial charge >= 0.3 is 0 Å². The SMILES string of the molecule is CCN(CC)c1ccc(-n2nc3cc(C)c(NC(=O)c4ccc(C)cc4)cc3n2)c(C)c1. The summed E-state index contributed by atoms with van der Waals surface area (Å²) >= 11 is 0. The van der Waals surface area contributed by atoms with Gasteiger partial charge < -0.3 is 10.2 Å². The van der Waals surface area contributed by atoms with E-state index in [9.17, 15) is 4.79 Å². The molecule has 4 rings (SSSR count). The highest BCUT2D eigenvalue weighted by Gasteiger charge is 2.13. The van der Waals surface area contributed by atoms with E-state index in [0.29, 0.717) is 5.56 Å². The predicted molar refractivity (Wildman–Crippen MR) is 131 cm³/mol. The highest BCUT2D eigenvalue weighted by atomic mass is 16.1. The molecule has 4 aromatic rings. The monoisotopic (exact) mass is 427 g/mol. The number of aromatic nitrogens is 3. The molecule has 3 aromatic carbocycles. The predicted octanol–water partition coefficient (Wildman–Crippen LogP) is 5.44. The Morgan fingerprint density at radius 1 is 0.875 bits per heavy atom. The van der Waals surface area contributed by atoms with Crippen molar-refractivity contribution in [2.24, 2.45) is 0 Å². The lowest BCUT2D eigenvalue weighted by Gasteiger charge is -2.22. The fourth-order valence-electron chi connectivity index (χ4n) is 3.86. The van der Waals surface area contributed by atoms with Gasteiger partial charge in [-0.05, 0) is 88.2 Å². The summed E-state index contributed by atoms with van der Waals surface area (Å²) in [5.41, 5.74) is 8.22. The van der Waals surface area contributed by atoms with Crippen LogP contribution in [0.3, 0.4) is 0 Å². The third kappa shape index (κ3) is 4.21. The van der Waals surface area contributed by atoms with Gasteiger partial charge in [0.25, 0.3) is 5.91 Å². The van der Waals surface area contributed by atoms with Gasteiger partial charge in [-0.3, -0.25) is 4.79 Å². The summed E-state index contributed by atoms with van der Waals surface area (Å²) in [5, 5.41) is 12.4. The van der Waals surface area contributed by atoms with Crippen LogP contribution in [-0.2, 0) is 0 Å². The molecule has 0 aliphatic heterocycles. The number of hydrogen-bond donors (Lipinski definition) is 1. The fraction of sp³-hybridized carbons (Fsp3) is 0.269. The second kappa shape index (κ2) is 8.83. The van der Waals surface area contributed by atoms with E-state index in [2.05, 4.69) is 54.3 Å². The summed E-state index contributed by atoms with van der Waals surface area (Å²) in [5.74, 6) is -0.136. The fourth-order valence-corrected chi connectivity index (χ4v) is 3.86. The van der Waals surface area contributed by atoms with Crippen LogP contribution in [0, 0.1) is 20.8 Å². The molecule has 6 heteroatoms. The Kier molecular flexibility index (Phi) is 5.95. The first-order valence-corrected chi connectivity index (χ1v) is 11.0. The van der Waals surface area contributed by atoms with Crippen LogP contribution in [-0.4, -0.2) is 34.0 Å². The van der Waals surface area contributed by atoms with Crippen LogP contribution in [0.4, 0.5) is 11.4 Å². The Labute approximate surface area is 188 Å². The van der Waals surface area contributed by atoms with Crippen molar-refractivity contribution in [2.75, 3.05) is 23.3 Å². The third-order valence-corrected chi connectivity index (χ3v) is 5.81. The number of aryl methyl sites for hydroxylation is 3. The Bertz CT molecular complexity index is 1270. The van der Waals surface area contributed by atoms with E-state index in [1.165, 1.54) is 5.69 Å². The zero-order valence-corrected chi connectivity index (χ0v) is 19.3. The smallest absolute Gasteiger partial charge is 0.255 e. The number of nitrogens with one attached hydrogen (secondary N) is 1. The summed E-state index contributed by atoms with van der Waals surface area (Å²) in [4.78, 5) is 16.7. The van der Waals surface area contributed by atoms with E-state index in [1.807, 2.05) is 50.2 Å². The maximum Gasteiger partial charge on any atom is 0.255 e. The molecule has 0 spiro atoms. The van der Waals surface area contributed by atoms with Crippen LogP contribution >= 0.6 is 0 Å². The van der Waals surface area contributed by atoms with Crippen LogP contribution in [0.25, 0.3) is 16.7 Å². The molecular formula is C26H29N5O. The molecule has 164 valence electrons. The van der Waals surface area contributed by atoms with Crippen molar-refractivity contribution in [1.82, 2.24) is 15.0 Å². The lowest BCUT2D eigenvalue weighted by Crippen LogP contribution is -2.21. The lowest BCUT2D eigenvalue weighted by molar-refractivity contribution is 0.102. The van der Waals surface area contributed by atoms with Gasteiger partial charge in [0.1, 0.15) is 11.0 Å². The summed E-state index contributed by atoms with van der Waals surface area (Å²) in [6.07, 6.45) is 0. The molecule has 6 nitrogen and oxygen atoms in total. The number of carbonyl (C=O) groups excluding carboxylic acids is 1. The van der Waals surface area contributed by atoms with Crippen molar-refractivity contribution in [3.8, 4) is 5.69 Å². The molecule has 1 amide bonds. The van der Waals surface area contributed by atoms with E-state index in [1.54, 1.807) is 4.80 Å². The summed E-state index contributed by atoms with van der Waals surface area (Å²) in [6, 6.07) is 17.7. The lowest BCUT2D eigenvalue weighted by atomic mass is 10.1. The summed E-state index contributed by atoms with van der Waals surface area (Å²) in [7, 11) is 0. The topological polar surface area (TPSA) is 63.1 Å². The Morgan fingerprint density at radius 2 is 1.53 bits per heavy atom. The number of fused-ring (bicyclic) bond motifs is 1. The van der Waals surface area contributed by atoms with Crippen LogP contribution in [0.2, 0.25) is 0 Å². The molecular weight excluding hydrogens is 398 g/mol. The molecule has 0 saturated carbocycles. The van der Waals surface area contributed by atoms with E-state index in [0.717, 1.165) is 52.2 Å². The second-order valence-electron chi connectivity index (χ2n) is 8.11. The molecule has 32 heavy (non-hydrogen) atoms. The van der Waals surface area contributed by atoms with Gasteiger partial charge in [0.15, 0.2) is 0 Å². The average Bonchev–Trinajstić information content (AvgIpc) is 3.17. The van der Waals surface area contributed by atoms with Crippen molar-refractivity contribution >= 4 is 28.3 Å². The largest absolute Gasteiger partial charge is 0.372 e. The minimum Gasteiger partial charge on any atom is -0.372 e. The van der Waals surface area contributed by atoms with Crippen molar-refractivity contribution < 1.29 is 4.79 Å². The molecule has 0 aliphatic carbocycles. The third-order valence-electron chi connectivity index (χ3n) is 5.81. The molecule has 0 saturated heterocycles. The number of amides is 1. The molecule has 1 N–H and O–H groups in total. The van der Waals surface area contributed by atoms with Crippen LogP contribution in [0.1, 0.15) is 40.9 Å². The molecule has 0 bridgehead atoms. The number of carbonyl (C=O) groups is 1. The van der Waals surface area contributed by atoms with E-state index < -0.39 is 0 Å². The number of anilines is 2. The van der Waals surface area contributed by atoms with E-state index >= 15 is 0 Å². The molecule has 0 atom stereocenters. The molecule has 0 unspecified atom stereocenters. The molecule has 0 fully saturated rings. The van der Waals surface area contributed by atoms with E-state index in [4.69, 9.17) is 5.10 Å². The van der Waals surface area contributed by atoms with Crippen molar-refractivity contribution in [3.05, 3.63) is 76.9 Å². The number of hydrogen-bond acceptors (Lipinski definition) is 4. The van der Waals surface area contributed by atoms with Gasteiger partial charge in [0.05, 0.1) is 5.69 Å². The van der Waals surface area contributed by atoms with Gasteiger partial charge in [-0.15, -0.1) is 10.2 Å².